The maximum Gasteiger partial charge on any atom is 0.416 e. The monoisotopic (exact) mass is 474 g/mol. The lowest BCUT2D eigenvalue weighted by molar-refractivity contribution is -0.137. The molecule has 1 fully saturated rings. The molecule has 2 heterocycles. The molecule has 0 radical (unpaired) electrons. The molecule has 2 aromatic carbocycles. The Balaban J connectivity index is 1.80. The molecule has 34 heavy (non-hydrogen) atoms. The number of alkyl halides is 3. The number of nitrogens with zero attached hydrogens (tertiary/aromatic N) is 4. The van der Waals surface area contributed by atoms with E-state index in [1.807, 2.05) is 4.90 Å². The van der Waals surface area contributed by atoms with Crippen LogP contribution in [0.25, 0.3) is 5.69 Å². The van der Waals surface area contributed by atoms with Gasteiger partial charge in [-0.25, -0.2) is 23.5 Å². The van der Waals surface area contributed by atoms with Crippen molar-refractivity contribution in [2.75, 3.05) is 18.0 Å². The number of piperidine rings is 1. The predicted molar refractivity (Wildman–Crippen MR) is 118 cm³/mol. The third-order valence-corrected chi connectivity index (χ3v) is 5.68. The van der Waals surface area contributed by atoms with E-state index in [2.05, 4.69) is 4.98 Å². The van der Waals surface area contributed by atoms with Crippen LogP contribution in [0.3, 0.4) is 0 Å². The third kappa shape index (κ3) is 4.73. The summed E-state index contributed by atoms with van der Waals surface area (Å²) in [6, 6.07) is 9.78. The van der Waals surface area contributed by atoms with Crippen LogP contribution in [-0.4, -0.2) is 38.3 Å². The first-order valence-corrected chi connectivity index (χ1v) is 10.6. The molecule has 0 unspecified atom stereocenters. The highest BCUT2D eigenvalue weighted by Gasteiger charge is 2.30. The largest absolute Gasteiger partial charge is 0.478 e. The van der Waals surface area contributed by atoms with E-state index in [1.54, 1.807) is 0 Å². The van der Waals surface area contributed by atoms with Gasteiger partial charge < -0.3 is 10.0 Å². The minimum Gasteiger partial charge on any atom is -0.478 e. The van der Waals surface area contributed by atoms with Crippen molar-refractivity contribution >= 4 is 11.9 Å². The second-order valence-electron chi connectivity index (χ2n) is 7.99. The average molecular weight is 474 g/mol. The van der Waals surface area contributed by atoms with Gasteiger partial charge in [0.25, 0.3) is 0 Å². The van der Waals surface area contributed by atoms with Crippen LogP contribution >= 0.6 is 0 Å². The van der Waals surface area contributed by atoms with Crippen LogP contribution in [0.15, 0.2) is 58.1 Å². The number of carbonyl (C=O) groups is 1. The lowest BCUT2D eigenvalue weighted by atomic mass is 10.1. The van der Waals surface area contributed by atoms with Crippen molar-refractivity contribution in [3.8, 4) is 5.69 Å². The highest BCUT2D eigenvalue weighted by Crippen LogP contribution is 2.29. The summed E-state index contributed by atoms with van der Waals surface area (Å²) in [5.74, 6) is -0.970. The maximum absolute atomic E-state index is 13.5. The third-order valence-electron chi connectivity index (χ3n) is 5.68. The van der Waals surface area contributed by atoms with E-state index >= 15 is 0 Å². The lowest BCUT2D eigenvalue weighted by Gasteiger charge is -2.29. The molecule has 4 rings (SSSR count). The van der Waals surface area contributed by atoms with Gasteiger partial charge in [0.1, 0.15) is 0 Å². The molecular weight excluding hydrogens is 453 g/mol. The SMILES string of the molecule is O=C(O)c1ccc(-n2c(N3CCCCC3)nc(=O)n(Cc3ccc(C(F)(F)F)cc3)c2=O)cc1. The molecule has 11 heteroatoms. The Kier molecular flexibility index (Phi) is 6.27. The average Bonchev–Trinajstić information content (AvgIpc) is 2.82. The first-order valence-electron chi connectivity index (χ1n) is 10.6. The summed E-state index contributed by atoms with van der Waals surface area (Å²) >= 11 is 0. The Bertz CT molecular complexity index is 1310. The standard InChI is InChI=1S/C23H21F3N4O4/c24-23(25,26)17-8-4-15(5-9-17)14-29-21(33)27-20(28-12-2-1-3-13-28)30(22(29)34)18-10-6-16(7-11-18)19(31)32/h4-11H,1-3,12-14H2,(H,31,32). The number of hydrogen-bond donors (Lipinski definition) is 1. The second-order valence-corrected chi connectivity index (χ2v) is 7.99. The van der Waals surface area contributed by atoms with Gasteiger partial charge in [0.05, 0.1) is 23.4 Å². The van der Waals surface area contributed by atoms with Crippen LogP contribution in [0.1, 0.15) is 40.7 Å². The summed E-state index contributed by atoms with van der Waals surface area (Å²) < 4.78 is 40.7. The summed E-state index contributed by atoms with van der Waals surface area (Å²) in [6.45, 7) is 0.931. The van der Waals surface area contributed by atoms with Crippen molar-refractivity contribution in [2.24, 2.45) is 0 Å². The zero-order valence-corrected chi connectivity index (χ0v) is 18.0. The first kappa shape index (κ1) is 23.3. The fourth-order valence-electron chi connectivity index (χ4n) is 3.89. The Morgan fingerprint density at radius 1 is 0.941 bits per heavy atom. The zero-order valence-electron chi connectivity index (χ0n) is 18.0. The van der Waals surface area contributed by atoms with Gasteiger partial charge in [-0.3, -0.25) is 0 Å². The number of benzene rings is 2. The molecule has 178 valence electrons. The van der Waals surface area contributed by atoms with Crippen LogP contribution in [0, 0.1) is 0 Å². The molecular formula is C23H21F3N4O4. The Morgan fingerprint density at radius 2 is 1.56 bits per heavy atom. The van der Waals surface area contributed by atoms with Crippen molar-refractivity contribution in [3.63, 3.8) is 0 Å². The van der Waals surface area contributed by atoms with Crippen molar-refractivity contribution in [2.45, 2.75) is 32.0 Å². The molecule has 0 atom stereocenters. The van der Waals surface area contributed by atoms with Gasteiger partial charge in [0.15, 0.2) is 0 Å². The van der Waals surface area contributed by atoms with E-state index in [-0.39, 0.29) is 18.1 Å². The van der Waals surface area contributed by atoms with Crippen LogP contribution in [0.5, 0.6) is 0 Å². The number of carboxylic acid groups (broad SMARTS) is 1. The summed E-state index contributed by atoms with van der Waals surface area (Å²) in [5.41, 5.74) is -1.69. The highest BCUT2D eigenvalue weighted by molar-refractivity contribution is 5.87. The molecule has 1 aliphatic heterocycles. The molecule has 0 saturated carbocycles. The Labute approximate surface area is 191 Å². The maximum atomic E-state index is 13.5. The van der Waals surface area contributed by atoms with Gasteiger partial charge in [-0.15, -0.1) is 0 Å². The fourth-order valence-corrected chi connectivity index (χ4v) is 3.89. The number of halogens is 3. The smallest absolute Gasteiger partial charge is 0.416 e. The number of aromatic carboxylic acids is 1. The normalized spacial score (nSPS) is 14.3. The van der Waals surface area contributed by atoms with Crippen molar-refractivity contribution in [1.82, 2.24) is 14.1 Å². The van der Waals surface area contributed by atoms with Crippen LogP contribution in [0.2, 0.25) is 0 Å². The molecule has 0 amide bonds. The first-order chi connectivity index (χ1) is 16.1. The molecule has 1 aliphatic rings. The topological polar surface area (TPSA) is 97.4 Å². The Morgan fingerprint density at radius 3 is 2.12 bits per heavy atom. The molecule has 1 aromatic heterocycles. The van der Waals surface area contributed by atoms with E-state index in [0.29, 0.717) is 24.3 Å². The number of carboxylic acids is 1. The van der Waals surface area contributed by atoms with Gasteiger partial charge in [-0.05, 0) is 61.2 Å². The zero-order chi connectivity index (χ0) is 24.5. The van der Waals surface area contributed by atoms with E-state index < -0.39 is 29.1 Å². The van der Waals surface area contributed by atoms with Gasteiger partial charge >= 0.3 is 23.5 Å². The quantitative estimate of drug-likeness (QED) is 0.610. The summed E-state index contributed by atoms with van der Waals surface area (Å²) in [6.07, 6.45) is -1.76. The van der Waals surface area contributed by atoms with E-state index in [9.17, 15) is 27.6 Å². The van der Waals surface area contributed by atoms with Gasteiger partial charge in [0.2, 0.25) is 5.95 Å². The van der Waals surface area contributed by atoms with Crippen LogP contribution in [0.4, 0.5) is 19.1 Å². The molecule has 0 spiro atoms. The minimum absolute atomic E-state index is 0.0300. The predicted octanol–water partition coefficient (Wildman–Crippen LogP) is 3.15. The minimum atomic E-state index is -4.50. The van der Waals surface area contributed by atoms with Crippen molar-refractivity contribution in [1.29, 1.82) is 0 Å². The second kappa shape index (κ2) is 9.16. The number of rotatable bonds is 5. The summed E-state index contributed by atoms with van der Waals surface area (Å²) in [5, 5.41) is 9.17. The fraction of sp³-hybridized carbons (Fsp3) is 0.304. The lowest BCUT2D eigenvalue weighted by Crippen LogP contribution is -2.45. The van der Waals surface area contributed by atoms with Crippen molar-refractivity contribution in [3.05, 3.63) is 86.2 Å². The van der Waals surface area contributed by atoms with Gasteiger partial charge in [-0.1, -0.05) is 12.1 Å². The van der Waals surface area contributed by atoms with Gasteiger partial charge in [-0.2, -0.15) is 18.2 Å². The number of aromatic nitrogens is 3. The number of hydrogen-bond acceptors (Lipinski definition) is 5. The molecule has 1 N–H and O–H groups in total. The summed E-state index contributed by atoms with van der Waals surface area (Å²) in [4.78, 5) is 43.5. The molecule has 1 saturated heterocycles. The van der Waals surface area contributed by atoms with E-state index in [0.717, 1.165) is 36.0 Å². The van der Waals surface area contributed by atoms with Gasteiger partial charge in [0, 0.05) is 13.1 Å². The highest BCUT2D eigenvalue weighted by atomic mass is 19.4. The van der Waals surface area contributed by atoms with E-state index in [1.165, 1.54) is 41.0 Å². The molecule has 0 aliphatic carbocycles. The molecule has 0 bridgehead atoms. The van der Waals surface area contributed by atoms with Crippen molar-refractivity contribution < 1.29 is 23.1 Å². The molecule has 3 aromatic rings. The van der Waals surface area contributed by atoms with Crippen LogP contribution < -0.4 is 16.3 Å². The van der Waals surface area contributed by atoms with E-state index in [4.69, 9.17) is 5.11 Å². The summed E-state index contributed by atoms with van der Waals surface area (Å²) in [7, 11) is 0. The number of anilines is 1. The van der Waals surface area contributed by atoms with Crippen LogP contribution in [-0.2, 0) is 12.7 Å². The molecule has 8 nitrogen and oxygen atoms in total. The Hall–Kier alpha value is -3.89.